The van der Waals surface area contributed by atoms with E-state index >= 15 is 0 Å². The second-order valence-electron chi connectivity index (χ2n) is 4.54. The number of benzene rings is 1. The highest BCUT2D eigenvalue weighted by Gasteiger charge is 2.35. The highest BCUT2D eigenvalue weighted by atomic mass is 35.5. The third kappa shape index (κ3) is 1.78. The van der Waals surface area contributed by atoms with Gasteiger partial charge in [0.1, 0.15) is 5.60 Å². The Morgan fingerprint density at radius 3 is 2.87 bits per heavy atom. The lowest BCUT2D eigenvalue weighted by Gasteiger charge is -2.39. The molecule has 1 atom stereocenters. The summed E-state index contributed by atoms with van der Waals surface area (Å²) >= 11 is 6.11. The van der Waals surface area contributed by atoms with Gasteiger partial charge in [0.05, 0.1) is 17.3 Å². The van der Waals surface area contributed by atoms with E-state index in [1.54, 1.807) is 0 Å². The first-order chi connectivity index (χ1) is 7.03. The number of anilines is 1. The first-order valence-corrected chi connectivity index (χ1v) is 5.62. The molecule has 3 heteroatoms. The van der Waals surface area contributed by atoms with Crippen molar-refractivity contribution in [1.29, 1.82) is 0 Å². The topological polar surface area (TPSA) is 21.3 Å². The molecule has 0 amide bonds. The van der Waals surface area contributed by atoms with Crippen molar-refractivity contribution < 1.29 is 4.74 Å². The van der Waals surface area contributed by atoms with Gasteiger partial charge >= 0.3 is 0 Å². The van der Waals surface area contributed by atoms with Crippen molar-refractivity contribution in [1.82, 2.24) is 0 Å². The maximum Gasteiger partial charge on any atom is 0.161 e. The number of hydrogen-bond acceptors (Lipinski definition) is 2. The van der Waals surface area contributed by atoms with Crippen molar-refractivity contribution in [2.24, 2.45) is 5.92 Å². The summed E-state index contributed by atoms with van der Waals surface area (Å²) < 4.78 is 6.02. The molecule has 2 rings (SSSR count). The Kier molecular flexibility index (Phi) is 2.55. The van der Waals surface area contributed by atoms with E-state index in [9.17, 15) is 0 Å². The molecular formula is C12H16ClNO. The number of ether oxygens (including phenoxy) is 1. The largest absolute Gasteiger partial charge is 0.482 e. The van der Waals surface area contributed by atoms with E-state index in [4.69, 9.17) is 16.3 Å². The molecule has 0 saturated heterocycles. The van der Waals surface area contributed by atoms with Gasteiger partial charge in [0.15, 0.2) is 5.75 Å². The third-order valence-electron chi connectivity index (χ3n) is 3.15. The van der Waals surface area contributed by atoms with Crippen LogP contribution in [0.25, 0.3) is 0 Å². The first-order valence-electron chi connectivity index (χ1n) is 5.24. The SMILES string of the molecule is CC(C)C1(C)CNc2cccc(Cl)c2O1. The van der Waals surface area contributed by atoms with Crippen LogP contribution in [0.3, 0.4) is 0 Å². The average Bonchev–Trinajstić information content (AvgIpc) is 2.19. The van der Waals surface area contributed by atoms with Crippen molar-refractivity contribution in [3.8, 4) is 5.75 Å². The van der Waals surface area contributed by atoms with Crippen molar-refractivity contribution in [2.45, 2.75) is 26.4 Å². The molecule has 1 heterocycles. The molecule has 0 aromatic heterocycles. The number of fused-ring (bicyclic) bond motifs is 1. The highest BCUT2D eigenvalue weighted by molar-refractivity contribution is 6.32. The van der Waals surface area contributed by atoms with Gasteiger partial charge < -0.3 is 10.1 Å². The molecule has 1 N–H and O–H groups in total. The molecule has 0 fully saturated rings. The van der Waals surface area contributed by atoms with E-state index < -0.39 is 0 Å². The molecule has 0 bridgehead atoms. The van der Waals surface area contributed by atoms with Crippen LogP contribution in [0, 0.1) is 5.92 Å². The summed E-state index contributed by atoms with van der Waals surface area (Å²) in [7, 11) is 0. The van der Waals surface area contributed by atoms with Gasteiger partial charge in [-0.1, -0.05) is 31.5 Å². The van der Waals surface area contributed by atoms with Gasteiger partial charge in [0.2, 0.25) is 0 Å². The molecule has 0 saturated carbocycles. The summed E-state index contributed by atoms with van der Waals surface area (Å²) in [5.41, 5.74) is 0.804. The summed E-state index contributed by atoms with van der Waals surface area (Å²) in [6.07, 6.45) is 0. The van der Waals surface area contributed by atoms with E-state index in [-0.39, 0.29) is 5.60 Å². The lowest BCUT2D eigenvalue weighted by Crippen LogP contribution is -2.47. The van der Waals surface area contributed by atoms with Crippen LogP contribution < -0.4 is 10.1 Å². The van der Waals surface area contributed by atoms with Gasteiger partial charge in [-0.3, -0.25) is 0 Å². The Morgan fingerprint density at radius 2 is 2.20 bits per heavy atom. The minimum Gasteiger partial charge on any atom is -0.482 e. The second-order valence-corrected chi connectivity index (χ2v) is 4.95. The van der Waals surface area contributed by atoms with E-state index in [1.807, 2.05) is 18.2 Å². The third-order valence-corrected chi connectivity index (χ3v) is 3.45. The zero-order valence-corrected chi connectivity index (χ0v) is 10.1. The fourth-order valence-electron chi connectivity index (χ4n) is 1.61. The van der Waals surface area contributed by atoms with Gasteiger partial charge in [-0.15, -0.1) is 0 Å². The van der Waals surface area contributed by atoms with Crippen LogP contribution in [0.5, 0.6) is 5.75 Å². The summed E-state index contributed by atoms with van der Waals surface area (Å²) in [4.78, 5) is 0. The molecule has 0 aliphatic carbocycles. The minimum absolute atomic E-state index is 0.183. The van der Waals surface area contributed by atoms with E-state index in [0.29, 0.717) is 10.9 Å². The predicted octanol–water partition coefficient (Wildman–Crippen LogP) is 3.56. The second kappa shape index (κ2) is 3.60. The van der Waals surface area contributed by atoms with Crippen molar-refractivity contribution in [3.05, 3.63) is 23.2 Å². The normalized spacial score (nSPS) is 24.3. The van der Waals surface area contributed by atoms with E-state index in [2.05, 4.69) is 26.1 Å². The molecular weight excluding hydrogens is 210 g/mol. The Balaban J connectivity index is 2.37. The number of rotatable bonds is 1. The molecule has 1 aromatic rings. The quantitative estimate of drug-likeness (QED) is 0.789. The number of nitrogens with one attached hydrogen (secondary N) is 1. The van der Waals surface area contributed by atoms with Crippen LogP contribution in [0.2, 0.25) is 5.02 Å². The van der Waals surface area contributed by atoms with E-state index in [0.717, 1.165) is 18.0 Å². The van der Waals surface area contributed by atoms with Gasteiger partial charge in [-0.05, 0) is 25.0 Å². The summed E-state index contributed by atoms with van der Waals surface area (Å²) in [6.45, 7) is 7.24. The number of halogens is 1. The molecule has 1 aliphatic heterocycles. The molecule has 15 heavy (non-hydrogen) atoms. The predicted molar refractivity (Wildman–Crippen MR) is 63.8 cm³/mol. The summed E-state index contributed by atoms with van der Waals surface area (Å²) in [5.74, 6) is 1.22. The van der Waals surface area contributed by atoms with Crippen LogP contribution in [0.15, 0.2) is 18.2 Å². The van der Waals surface area contributed by atoms with Crippen LogP contribution in [-0.4, -0.2) is 12.1 Å². The van der Waals surface area contributed by atoms with Crippen LogP contribution in [0.1, 0.15) is 20.8 Å². The Labute approximate surface area is 95.6 Å². The first kappa shape index (κ1) is 10.6. The monoisotopic (exact) mass is 225 g/mol. The fraction of sp³-hybridized carbons (Fsp3) is 0.500. The summed E-state index contributed by atoms with van der Waals surface area (Å²) in [5, 5.41) is 4.04. The summed E-state index contributed by atoms with van der Waals surface area (Å²) in [6, 6.07) is 5.77. The molecule has 1 aromatic carbocycles. The molecule has 82 valence electrons. The molecule has 0 spiro atoms. The Bertz CT molecular complexity index is 378. The smallest absolute Gasteiger partial charge is 0.161 e. The van der Waals surface area contributed by atoms with Gasteiger partial charge in [-0.25, -0.2) is 0 Å². The lowest BCUT2D eigenvalue weighted by atomic mass is 9.91. The van der Waals surface area contributed by atoms with E-state index in [1.165, 1.54) is 0 Å². The standard InChI is InChI=1S/C12H16ClNO/c1-8(2)12(3)7-14-10-6-4-5-9(13)11(10)15-12/h4-6,8,14H,7H2,1-3H3. The highest BCUT2D eigenvalue weighted by Crippen LogP contribution is 2.40. The Hall–Kier alpha value is -0.890. The van der Waals surface area contributed by atoms with Gasteiger partial charge in [-0.2, -0.15) is 0 Å². The van der Waals surface area contributed by atoms with Gasteiger partial charge in [0.25, 0.3) is 0 Å². The molecule has 1 unspecified atom stereocenters. The van der Waals surface area contributed by atoms with Crippen molar-refractivity contribution in [2.75, 3.05) is 11.9 Å². The van der Waals surface area contributed by atoms with Crippen molar-refractivity contribution >= 4 is 17.3 Å². The molecule has 0 radical (unpaired) electrons. The van der Waals surface area contributed by atoms with Crippen molar-refractivity contribution in [3.63, 3.8) is 0 Å². The van der Waals surface area contributed by atoms with Crippen LogP contribution >= 0.6 is 11.6 Å². The maximum absolute atomic E-state index is 6.11. The zero-order valence-electron chi connectivity index (χ0n) is 9.30. The molecule has 1 aliphatic rings. The average molecular weight is 226 g/mol. The minimum atomic E-state index is -0.183. The van der Waals surface area contributed by atoms with Gasteiger partial charge in [0, 0.05) is 0 Å². The fourth-order valence-corrected chi connectivity index (χ4v) is 1.83. The lowest BCUT2D eigenvalue weighted by molar-refractivity contribution is 0.0476. The maximum atomic E-state index is 6.11. The zero-order chi connectivity index (χ0) is 11.1. The number of para-hydroxylation sites is 1. The Morgan fingerprint density at radius 1 is 1.47 bits per heavy atom. The van der Waals surface area contributed by atoms with Crippen LogP contribution in [0.4, 0.5) is 5.69 Å². The molecule has 2 nitrogen and oxygen atoms in total. The number of hydrogen-bond donors (Lipinski definition) is 1. The van der Waals surface area contributed by atoms with Crippen LogP contribution in [-0.2, 0) is 0 Å².